The van der Waals surface area contributed by atoms with Crippen molar-refractivity contribution in [1.29, 1.82) is 0 Å². The second-order valence-corrected chi connectivity index (χ2v) is 8.41. The molecule has 5 nitrogen and oxygen atoms in total. The molecule has 0 bridgehead atoms. The molecule has 29 heavy (non-hydrogen) atoms. The van der Waals surface area contributed by atoms with Crippen molar-refractivity contribution in [3.8, 4) is 0 Å². The van der Waals surface area contributed by atoms with E-state index in [9.17, 15) is 14.4 Å². The molecule has 1 aliphatic heterocycles. The maximum atomic E-state index is 13.4. The number of halogens is 1. The fourth-order valence-electron chi connectivity index (χ4n) is 3.52. The Hall–Kier alpha value is -2.66. The van der Waals surface area contributed by atoms with Crippen LogP contribution in [0.3, 0.4) is 0 Å². The van der Waals surface area contributed by atoms with Gasteiger partial charge in [-0.1, -0.05) is 36.2 Å². The Morgan fingerprint density at radius 2 is 1.69 bits per heavy atom. The normalized spacial score (nSPS) is 17.0. The third kappa shape index (κ3) is 4.06. The van der Waals surface area contributed by atoms with E-state index in [0.717, 1.165) is 10.5 Å². The molecule has 0 radical (unpaired) electrons. The molecule has 6 heteroatoms. The van der Waals surface area contributed by atoms with Crippen molar-refractivity contribution in [3.05, 3.63) is 64.7 Å². The lowest BCUT2D eigenvalue weighted by molar-refractivity contribution is -0.123. The largest absolute Gasteiger partial charge is 0.321 e. The fourth-order valence-corrected chi connectivity index (χ4v) is 3.65. The first kappa shape index (κ1) is 21.1. The van der Waals surface area contributed by atoms with E-state index in [1.165, 1.54) is 0 Å². The molecule has 0 spiro atoms. The third-order valence-corrected chi connectivity index (χ3v) is 5.81. The summed E-state index contributed by atoms with van der Waals surface area (Å²) in [6, 6.07) is 12.9. The Bertz CT molecular complexity index is 936. The van der Waals surface area contributed by atoms with E-state index in [1.807, 2.05) is 39.8 Å². The number of benzene rings is 2. The standard InChI is InChI=1S/C23H25ClN2O3/c1-5-23(3,4)26(21(28)16-8-6-15(2)7-9-16)19-14-20(27)25(22(19)29)18-12-10-17(24)11-13-18/h6-13,19H,5,14H2,1-4H3. The number of amides is 3. The summed E-state index contributed by atoms with van der Waals surface area (Å²) in [5.74, 6) is -0.962. The van der Waals surface area contributed by atoms with Gasteiger partial charge < -0.3 is 4.90 Å². The van der Waals surface area contributed by atoms with E-state index < -0.39 is 11.6 Å². The molecule has 1 fully saturated rings. The van der Waals surface area contributed by atoms with Gasteiger partial charge in [-0.05, 0) is 63.6 Å². The zero-order valence-electron chi connectivity index (χ0n) is 17.1. The van der Waals surface area contributed by atoms with Crippen molar-refractivity contribution in [2.24, 2.45) is 0 Å². The maximum absolute atomic E-state index is 13.4. The van der Waals surface area contributed by atoms with Crippen LogP contribution in [0.4, 0.5) is 5.69 Å². The first-order valence-corrected chi connectivity index (χ1v) is 10.1. The topological polar surface area (TPSA) is 57.7 Å². The Balaban J connectivity index is 1.99. The van der Waals surface area contributed by atoms with E-state index in [-0.39, 0.29) is 24.1 Å². The summed E-state index contributed by atoms with van der Waals surface area (Å²) in [4.78, 5) is 42.2. The van der Waals surface area contributed by atoms with Gasteiger partial charge in [0.2, 0.25) is 5.91 Å². The van der Waals surface area contributed by atoms with Crippen molar-refractivity contribution in [2.75, 3.05) is 4.90 Å². The van der Waals surface area contributed by atoms with Gasteiger partial charge >= 0.3 is 0 Å². The Morgan fingerprint density at radius 3 is 2.24 bits per heavy atom. The van der Waals surface area contributed by atoms with E-state index in [4.69, 9.17) is 11.6 Å². The molecule has 3 rings (SSSR count). The summed E-state index contributed by atoms with van der Waals surface area (Å²) in [5, 5.41) is 0.521. The smallest absolute Gasteiger partial charge is 0.257 e. The number of carbonyl (C=O) groups is 3. The zero-order chi connectivity index (χ0) is 21.3. The van der Waals surface area contributed by atoms with Gasteiger partial charge in [-0.25, -0.2) is 4.90 Å². The summed E-state index contributed by atoms with van der Waals surface area (Å²) < 4.78 is 0. The molecule has 0 N–H and O–H groups in total. The minimum absolute atomic E-state index is 0.0392. The van der Waals surface area contributed by atoms with E-state index in [1.54, 1.807) is 41.3 Å². The van der Waals surface area contributed by atoms with Crippen LogP contribution in [0.2, 0.25) is 5.02 Å². The molecule has 1 heterocycles. The van der Waals surface area contributed by atoms with Crippen molar-refractivity contribution in [3.63, 3.8) is 0 Å². The quantitative estimate of drug-likeness (QED) is 0.674. The number of carbonyl (C=O) groups excluding carboxylic acids is 3. The van der Waals surface area contributed by atoms with E-state index in [0.29, 0.717) is 22.7 Å². The molecule has 1 unspecified atom stereocenters. The summed E-state index contributed by atoms with van der Waals surface area (Å²) in [5.41, 5.74) is 1.41. The number of hydrogen-bond donors (Lipinski definition) is 0. The van der Waals surface area contributed by atoms with Gasteiger partial charge in [0.15, 0.2) is 0 Å². The van der Waals surface area contributed by atoms with Crippen molar-refractivity contribution < 1.29 is 14.4 Å². The summed E-state index contributed by atoms with van der Waals surface area (Å²) in [6.07, 6.45) is 0.603. The minimum Gasteiger partial charge on any atom is -0.321 e. The molecular weight excluding hydrogens is 388 g/mol. The van der Waals surface area contributed by atoms with Gasteiger partial charge in [-0.3, -0.25) is 14.4 Å². The van der Waals surface area contributed by atoms with Crippen molar-refractivity contribution >= 4 is 35.0 Å². The van der Waals surface area contributed by atoms with Gasteiger partial charge in [-0.15, -0.1) is 0 Å². The molecular formula is C23H25ClN2O3. The molecule has 1 atom stereocenters. The van der Waals surface area contributed by atoms with Gasteiger partial charge in [0.05, 0.1) is 12.1 Å². The SMILES string of the molecule is CCC(C)(C)N(C(=O)c1ccc(C)cc1)C1CC(=O)N(c2ccc(Cl)cc2)C1=O. The van der Waals surface area contributed by atoms with Crippen molar-refractivity contribution in [1.82, 2.24) is 4.90 Å². The highest BCUT2D eigenvalue weighted by molar-refractivity contribution is 6.31. The fraction of sp³-hybridized carbons (Fsp3) is 0.348. The van der Waals surface area contributed by atoms with Crippen molar-refractivity contribution in [2.45, 2.75) is 52.1 Å². The van der Waals surface area contributed by atoms with Crippen LogP contribution in [-0.2, 0) is 9.59 Å². The summed E-state index contributed by atoms with van der Waals surface area (Å²) >= 11 is 5.93. The maximum Gasteiger partial charge on any atom is 0.257 e. The van der Waals surface area contributed by atoms with Crippen LogP contribution in [0.25, 0.3) is 0 Å². The predicted octanol–water partition coefficient (Wildman–Crippen LogP) is 4.61. The highest BCUT2D eigenvalue weighted by atomic mass is 35.5. The van der Waals surface area contributed by atoms with Crippen LogP contribution in [0.1, 0.15) is 49.5 Å². The molecule has 2 aromatic rings. The predicted molar refractivity (Wildman–Crippen MR) is 114 cm³/mol. The van der Waals surface area contributed by atoms with E-state index >= 15 is 0 Å². The second-order valence-electron chi connectivity index (χ2n) is 7.97. The van der Waals surface area contributed by atoms with Crippen LogP contribution in [0.5, 0.6) is 0 Å². The Labute approximate surface area is 176 Å². The molecule has 0 aromatic heterocycles. The number of rotatable bonds is 5. The zero-order valence-corrected chi connectivity index (χ0v) is 17.9. The third-order valence-electron chi connectivity index (χ3n) is 5.55. The number of anilines is 1. The summed E-state index contributed by atoms with van der Waals surface area (Å²) in [6.45, 7) is 7.75. The minimum atomic E-state index is -0.845. The van der Waals surface area contributed by atoms with Crippen LogP contribution in [-0.4, -0.2) is 34.2 Å². The highest BCUT2D eigenvalue weighted by Crippen LogP contribution is 2.32. The first-order valence-electron chi connectivity index (χ1n) is 9.68. The van der Waals surface area contributed by atoms with Crippen LogP contribution < -0.4 is 4.90 Å². The Kier molecular flexibility index (Phi) is 5.80. The summed E-state index contributed by atoms with van der Waals surface area (Å²) in [7, 11) is 0. The lowest BCUT2D eigenvalue weighted by atomic mass is 9.94. The first-order chi connectivity index (χ1) is 13.7. The highest BCUT2D eigenvalue weighted by Gasteiger charge is 2.48. The molecule has 1 aliphatic rings. The molecule has 0 aliphatic carbocycles. The number of imide groups is 1. The molecule has 152 valence electrons. The monoisotopic (exact) mass is 412 g/mol. The van der Waals surface area contributed by atoms with Crippen LogP contribution >= 0.6 is 11.6 Å². The average molecular weight is 413 g/mol. The molecule has 2 aromatic carbocycles. The molecule has 1 saturated heterocycles. The molecule has 3 amide bonds. The van der Waals surface area contributed by atoms with Crippen LogP contribution in [0, 0.1) is 6.92 Å². The number of hydrogen-bond acceptors (Lipinski definition) is 3. The van der Waals surface area contributed by atoms with E-state index in [2.05, 4.69) is 0 Å². The van der Waals surface area contributed by atoms with Crippen LogP contribution in [0.15, 0.2) is 48.5 Å². The van der Waals surface area contributed by atoms with Gasteiger partial charge in [0.1, 0.15) is 6.04 Å². The second kappa shape index (κ2) is 7.99. The van der Waals surface area contributed by atoms with Gasteiger partial charge in [0.25, 0.3) is 11.8 Å². The lowest BCUT2D eigenvalue weighted by Gasteiger charge is -2.41. The number of nitrogens with zero attached hydrogens (tertiary/aromatic N) is 2. The lowest BCUT2D eigenvalue weighted by Crippen LogP contribution is -2.55. The average Bonchev–Trinajstić information content (AvgIpc) is 2.97. The molecule has 0 saturated carbocycles. The van der Waals surface area contributed by atoms with Gasteiger partial charge in [-0.2, -0.15) is 0 Å². The Morgan fingerprint density at radius 1 is 1.10 bits per heavy atom. The number of aryl methyl sites for hydroxylation is 1. The van der Waals surface area contributed by atoms with Gasteiger partial charge in [0, 0.05) is 16.1 Å².